The normalized spacial score (nSPS) is 10.1. The molecule has 8 heteroatoms. The summed E-state index contributed by atoms with van der Waals surface area (Å²) in [5.74, 6) is -0.320. The fraction of sp³-hybridized carbons (Fsp3) is 0.250. The van der Waals surface area contributed by atoms with Gasteiger partial charge in [0.15, 0.2) is 0 Å². The minimum absolute atomic E-state index is 0.0660. The molecule has 2 aromatic carbocycles. The molecule has 0 atom stereocenters. The van der Waals surface area contributed by atoms with Crippen LogP contribution in [0, 0.1) is 0 Å². The van der Waals surface area contributed by atoms with Gasteiger partial charge in [0.1, 0.15) is 5.75 Å². The lowest BCUT2D eigenvalue weighted by atomic mass is 10.2. The second-order valence-electron chi connectivity index (χ2n) is 5.56. The molecule has 0 saturated carbocycles. The average Bonchev–Trinajstić information content (AvgIpc) is 2.69. The molecule has 2 rings (SSSR count). The number of anilines is 2. The van der Waals surface area contributed by atoms with Gasteiger partial charge in [-0.05, 0) is 31.2 Å². The Kier molecular flexibility index (Phi) is 8.36. The molecule has 2 amide bonds. The number of rotatable bonds is 9. The van der Waals surface area contributed by atoms with Crippen LogP contribution in [0.2, 0.25) is 0 Å². The number of amides is 2. The summed E-state index contributed by atoms with van der Waals surface area (Å²) in [6.45, 7) is 1.96. The highest BCUT2D eigenvalue weighted by molar-refractivity contribution is 8.00. The standard InChI is InChI=1S/C20H22N2O5S/c1-3-27-20(25)14-8-4-5-9-15(14)21-18(23)12-28-13-19(24)22-16-10-6-7-11-17(16)26-2/h4-11H,3,12-13H2,1-2H3,(H,21,23)(H,22,24). The Morgan fingerprint density at radius 1 is 0.893 bits per heavy atom. The number of benzene rings is 2. The molecule has 0 spiro atoms. The molecule has 0 aliphatic heterocycles. The summed E-state index contributed by atoms with van der Waals surface area (Å²) in [5.41, 5.74) is 1.24. The molecule has 148 valence electrons. The first-order valence-corrected chi connectivity index (χ1v) is 9.77. The van der Waals surface area contributed by atoms with Gasteiger partial charge in [-0.25, -0.2) is 4.79 Å². The van der Waals surface area contributed by atoms with Gasteiger partial charge in [-0.3, -0.25) is 9.59 Å². The Hall–Kier alpha value is -3.00. The van der Waals surface area contributed by atoms with Crippen LogP contribution in [0.3, 0.4) is 0 Å². The Bertz CT molecular complexity index is 841. The Balaban J connectivity index is 1.83. The first-order valence-electron chi connectivity index (χ1n) is 8.61. The second-order valence-corrected chi connectivity index (χ2v) is 6.54. The van der Waals surface area contributed by atoms with E-state index in [1.807, 2.05) is 6.07 Å². The fourth-order valence-corrected chi connectivity index (χ4v) is 2.95. The van der Waals surface area contributed by atoms with Crippen LogP contribution in [0.25, 0.3) is 0 Å². The highest BCUT2D eigenvalue weighted by Crippen LogP contribution is 2.23. The van der Waals surface area contributed by atoms with Crippen LogP contribution in [0.1, 0.15) is 17.3 Å². The number of nitrogens with one attached hydrogen (secondary N) is 2. The zero-order chi connectivity index (χ0) is 20.4. The number of carbonyl (C=O) groups excluding carboxylic acids is 3. The van der Waals surface area contributed by atoms with E-state index in [-0.39, 0.29) is 35.5 Å². The number of ether oxygens (including phenoxy) is 2. The predicted molar refractivity (Wildman–Crippen MR) is 110 cm³/mol. The molecular formula is C20H22N2O5S. The topological polar surface area (TPSA) is 93.7 Å². The zero-order valence-corrected chi connectivity index (χ0v) is 16.5. The van der Waals surface area contributed by atoms with E-state index in [2.05, 4.69) is 10.6 Å². The van der Waals surface area contributed by atoms with E-state index in [0.717, 1.165) is 11.8 Å². The van der Waals surface area contributed by atoms with E-state index in [1.165, 1.54) is 7.11 Å². The fourth-order valence-electron chi connectivity index (χ4n) is 2.34. The third kappa shape index (κ3) is 6.31. The van der Waals surface area contributed by atoms with Crippen LogP contribution >= 0.6 is 11.8 Å². The maximum absolute atomic E-state index is 12.1. The van der Waals surface area contributed by atoms with Crippen molar-refractivity contribution in [1.82, 2.24) is 0 Å². The maximum Gasteiger partial charge on any atom is 0.340 e. The van der Waals surface area contributed by atoms with E-state index in [0.29, 0.717) is 17.1 Å². The van der Waals surface area contributed by atoms with Gasteiger partial charge in [-0.1, -0.05) is 24.3 Å². The number of hydrogen-bond donors (Lipinski definition) is 2. The summed E-state index contributed by atoms with van der Waals surface area (Å²) in [6.07, 6.45) is 0. The van der Waals surface area contributed by atoms with Gasteiger partial charge in [0.25, 0.3) is 0 Å². The Morgan fingerprint density at radius 3 is 2.11 bits per heavy atom. The highest BCUT2D eigenvalue weighted by Gasteiger charge is 2.14. The number of para-hydroxylation sites is 3. The van der Waals surface area contributed by atoms with Crippen LogP contribution in [0.15, 0.2) is 48.5 Å². The van der Waals surface area contributed by atoms with Gasteiger partial charge in [0.05, 0.1) is 42.2 Å². The van der Waals surface area contributed by atoms with Gasteiger partial charge >= 0.3 is 5.97 Å². The van der Waals surface area contributed by atoms with Gasteiger partial charge in [-0.2, -0.15) is 0 Å². The summed E-state index contributed by atoms with van der Waals surface area (Å²) < 4.78 is 10.2. The smallest absolute Gasteiger partial charge is 0.340 e. The second kappa shape index (κ2) is 11.0. The van der Waals surface area contributed by atoms with E-state index in [1.54, 1.807) is 49.4 Å². The quantitative estimate of drug-likeness (QED) is 0.626. The van der Waals surface area contributed by atoms with Gasteiger partial charge < -0.3 is 20.1 Å². The maximum atomic E-state index is 12.1. The number of esters is 1. The summed E-state index contributed by atoms with van der Waals surface area (Å²) in [6, 6.07) is 13.7. The summed E-state index contributed by atoms with van der Waals surface area (Å²) in [4.78, 5) is 36.1. The van der Waals surface area contributed by atoms with Crippen molar-refractivity contribution < 1.29 is 23.9 Å². The van der Waals surface area contributed by atoms with Crippen molar-refractivity contribution in [2.45, 2.75) is 6.92 Å². The molecule has 0 radical (unpaired) electrons. The monoisotopic (exact) mass is 402 g/mol. The minimum Gasteiger partial charge on any atom is -0.495 e. The highest BCUT2D eigenvalue weighted by atomic mass is 32.2. The van der Waals surface area contributed by atoms with Crippen molar-refractivity contribution in [2.24, 2.45) is 0 Å². The van der Waals surface area contributed by atoms with Crippen molar-refractivity contribution >= 4 is 40.9 Å². The van der Waals surface area contributed by atoms with Gasteiger partial charge in [-0.15, -0.1) is 11.8 Å². The van der Waals surface area contributed by atoms with Crippen LogP contribution < -0.4 is 15.4 Å². The van der Waals surface area contributed by atoms with Crippen LogP contribution in [0.4, 0.5) is 11.4 Å². The van der Waals surface area contributed by atoms with Crippen molar-refractivity contribution in [3.8, 4) is 5.75 Å². The van der Waals surface area contributed by atoms with E-state index in [9.17, 15) is 14.4 Å². The van der Waals surface area contributed by atoms with E-state index < -0.39 is 5.97 Å². The molecule has 28 heavy (non-hydrogen) atoms. The molecule has 0 heterocycles. The van der Waals surface area contributed by atoms with Crippen molar-refractivity contribution in [2.75, 3.05) is 35.9 Å². The van der Waals surface area contributed by atoms with Gasteiger partial charge in [0, 0.05) is 0 Å². The number of hydrogen-bond acceptors (Lipinski definition) is 6. The largest absolute Gasteiger partial charge is 0.495 e. The lowest BCUT2D eigenvalue weighted by Gasteiger charge is -2.11. The van der Waals surface area contributed by atoms with Crippen molar-refractivity contribution in [3.05, 3.63) is 54.1 Å². The molecule has 0 unspecified atom stereocenters. The van der Waals surface area contributed by atoms with E-state index >= 15 is 0 Å². The lowest BCUT2D eigenvalue weighted by molar-refractivity contribution is -0.114. The SMILES string of the molecule is CCOC(=O)c1ccccc1NC(=O)CSCC(=O)Nc1ccccc1OC. The third-order valence-corrected chi connectivity index (χ3v) is 4.48. The Labute approximate surface area is 167 Å². The first-order chi connectivity index (χ1) is 13.5. The Morgan fingerprint density at radius 2 is 1.46 bits per heavy atom. The molecule has 0 aromatic heterocycles. The molecule has 7 nitrogen and oxygen atoms in total. The summed E-state index contributed by atoms with van der Waals surface area (Å²) >= 11 is 1.16. The van der Waals surface area contributed by atoms with Crippen LogP contribution in [-0.4, -0.2) is 43.0 Å². The number of carbonyl (C=O) groups is 3. The molecule has 0 aliphatic carbocycles. The van der Waals surface area contributed by atoms with Crippen LogP contribution in [0.5, 0.6) is 5.75 Å². The lowest BCUT2D eigenvalue weighted by Crippen LogP contribution is -2.20. The molecule has 0 fully saturated rings. The predicted octanol–water partition coefficient (Wildman–Crippen LogP) is 3.18. The first kappa shape index (κ1) is 21.3. The van der Waals surface area contributed by atoms with E-state index in [4.69, 9.17) is 9.47 Å². The van der Waals surface area contributed by atoms with Crippen molar-refractivity contribution in [1.29, 1.82) is 0 Å². The number of methoxy groups -OCH3 is 1. The molecule has 0 saturated heterocycles. The number of thioether (sulfide) groups is 1. The molecule has 2 N–H and O–H groups in total. The molecule has 2 aromatic rings. The summed E-state index contributed by atoms with van der Waals surface area (Å²) in [5, 5.41) is 5.42. The molecular weight excluding hydrogens is 380 g/mol. The summed E-state index contributed by atoms with van der Waals surface area (Å²) in [7, 11) is 1.53. The zero-order valence-electron chi connectivity index (χ0n) is 15.7. The minimum atomic E-state index is -0.498. The molecule has 0 aliphatic rings. The van der Waals surface area contributed by atoms with Crippen LogP contribution in [-0.2, 0) is 14.3 Å². The van der Waals surface area contributed by atoms with Crippen molar-refractivity contribution in [3.63, 3.8) is 0 Å². The third-order valence-electron chi connectivity index (χ3n) is 3.54. The molecule has 0 bridgehead atoms. The average molecular weight is 402 g/mol. The van der Waals surface area contributed by atoms with Gasteiger partial charge in [0.2, 0.25) is 11.8 Å².